The summed E-state index contributed by atoms with van der Waals surface area (Å²) >= 11 is 1.73. The Morgan fingerprint density at radius 1 is 0.971 bits per heavy atom. The molecule has 2 heterocycles. The molecule has 1 saturated heterocycles. The first-order valence-corrected chi connectivity index (χ1v) is 12.7. The monoisotopic (exact) mass is 484 g/mol. The van der Waals surface area contributed by atoms with Crippen molar-refractivity contribution in [3.8, 4) is 5.75 Å². The third-order valence-corrected chi connectivity index (χ3v) is 7.31. The second-order valence-corrected chi connectivity index (χ2v) is 9.61. The number of nitrogens with zero attached hydrogens (tertiary/aromatic N) is 3. The maximum Gasteiger partial charge on any atom is 0.321 e. The number of hydrogen-bond acceptors (Lipinski definition) is 5. The van der Waals surface area contributed by atoms with Gasteiger partial charge in [-0.05, 0) is 17.7 Å². The summed E-state index contributed by atoms with van der Waals surface area (Å²) < 4.78 is 5.25. The predicted octanol–water partition coefficient (Wildman–Crippen LogP) is 5.85. The van der Waals surface area contributed by atoms with Crippen molar-refractivity contribution >= 4 is 34.2 Å². The van der Waals surface area contributed by atoms with E-state index < -0.39 is 5.66 Å². The number of amides is 2. The number of piperidine rings is 1. The molecule has 2 aliphatic rings. The van der Waals surface area contributed by atoms with Crippen LogP contribution in [0.2, 0.25) is 0 Å². The summed E-state index contributed by atoms with van der Waals surface area (Å²) in [6.45, 7) is 1.20. The average Bonchev–Trinajstić information content (AvgIpc) is 3.27. The summed E-state index contributed by atoms with van der Waals surface area (Å²) in [4.78, 5) is 25.0. The van der Waals surface area contributed by atoms with Crippen molar-refractivity contribution in [1.82, 2.24) is 4.90 Å². The fourth-order valence-corrected chi connectivity index (χ4v) is 5.36. The van der Waals surface area contributed by atoms with Crippen LogP contribution in [0, 0.1) is 0 Å². The highest BCUT2D eigenvalue weighted by atomic mass is 32.2. The standard InChI is InChI=1S/C28H28N4O2S/c1-34-24-14-8-13-23(19-24)29-27(33)32-17-15-28(16-18-32)30-25(22-11-6-3-7-12-22)26(31-28)35-20-21-9-4-2-5-10-21/h2-14,19H,15-18,20H2,1H3,(H,29,33). The predicted molar refractivity (Wildman–Crippen MR) is 144 cm³/mol. The van der Waals surface area contributed by atoms with Gasteiger partial charge in [0.2, 0.25) is 0 Å². The van der Waals surface area contributed by atoms with Gasteiger partial charge in [0.1, 0.15) is 10.8 Å². The van der Waals surface area contributed by atoms with Crippen molar-refractivity contribution in [2.24, 2.45) is 9.98 Å². The third-order valence-electron chi connectivity index (χ3n) is 6.27. The molecule has 0 aliphatic carbocycles. The van der Waals surface area contributed by atoms with Gasteiger partial charge in [0, 0.05) is 49.0 Å². The molecule has 1 spiro atoms. The number of urea groups is 1. The molecule has 7 heteroatoms. The van der Waals surface area contributed by atoms with Crippen molar-refractivity contribution in [2.45, 2.75) is 24.3 Å². The molecule has 3 aromatic rings. The lowest BCUT2D eigenvalue weighted by Crippen LogP contribution is -2.46. The van der Waals surface area contributed by atoms with E-state index in [1.165, 1.54) is 5.56 Å². The van der Waals surface area contributed by atoms with Gasteiger partial charge in [0.05, 0.1) is 12.8 Å². The van der Waals surface area contributed by atoms with Gasteiger partial charge >= 0.3 is 6.03 Å². The van der Waals surface area contributed by atoms with Crippen LogP contribution in [0.4, 0.5) is 10.5 Å². The van der Waals surface area contributed by atoms with E-state index in [2.05, 4.69) is 41.7 Å². The molecule has 0 saturated carbocycles. The fraction of sp³-hybridized carbons (Fsp3) is 0.250. The molecule has 0 bridgehead atoms. The van der Waals surface area contributed by atoms with Crippen LogP contribution in [0.25, 0.3) is 0 Å². The first-order chi connectivity index (χ1) is 17.1. The summed E-state index contributed by atoms with van der Waals surface area (Å²) in [5.41, 5.74) is 3.52. The summed E-state index contributed by atoms with van der Waals surface area (Å²) in [5, 5.41) is 3.96. The molecule has 3 aromatic carbocycles. The Balaban J connectivity index is 1.29. The van der Waals surface area contributed by atoms with E-state index in [-0.39, 0.29) is 6.03 Å². The number of anilines is 1. The van der Waals surface area contributed by atoms with Gasteiger partial charge in [-0.3, -0.25) is 4.99 Å². The number of ether oxygens (including phenoxy) is 1. The molecule has 1 fully saturated rings. The normalized spacial score (nSPS) is 16.5. The van der Waals surface area contributed by atoms with Crippen LogP contribution in [0.3, 0.4) is 0 Å². The van der Waals surface area contributed by atoms with Gasteiger partial charge in [-0.2, -0.15) is 0 Å². The molecule has 0 radical (unpaired) electrons. The van der Waals surface area contributed by atoms with E-state index >= 15 is 0 Å². The number of benzene rings is 3. The molecule has 2 amide bonds. The summed E-state index contributed by atoms with van der Waals surface area (Å²) in [6.07, 6.45) is 1.40. The molecule has 2 aliphatic heterocycles. The Labute approximate surface area is 210 Å². The maximum atomic E-state index is 12.9. The van der Waals surface area contributed by atoms with Crippen LogP contribution >= 0.6 is 11.8 Å². The van der Waals surface area contributed by atoms with Crippen LogP contribution in [-0.4, -0.2) is 47.5 Å². The zero-order chi connectivity index (χ0) is 24.1. The maximum absolute atomic E-state index is 12.9. The number of carbonyl (C=O) groups is 1. The highest BCUT2D eigenvalue weighted by Crippen LogP contribution is 2.36. The lowest BCUT2D eigenvalue weighted by Gasteiger charge is -2.35. The molecular weight excluding hydrogens is 456 g/mol. The minimum atomic E-state index is -0.503. The van der Waals surface area contributed by atoms with E-state index in [0.717, 1.165) is 27.8 Å². The highest BCUT2D eigenvalue weighted by molar-refractivity contribution is 8.15. The van der Waals surface area contributed by atoms with Crippen molar-refractivity contribution in [3.63, 3.8) is 0 Å². The van der Waals surface area contributed by atoms with Crippen LogP contribution in [-0.2, 0) is 5.75 Å². The van der Waals surface area contributed by atoms with Crippen molar-refractivity contribution in [3.05, 3.63) is 96.1 Å². The topological polar surface area (TPSA) is 66.3 Å². The lowest BCUT2D eigenvalue weighted by molar-refractivity contribution is 0.175. The number of methoxy groups -OCH3 is 1. The molecule has 5 rings (SSSR count). The van der Waals surface area contributed by atoms with Crippen LogP contribution < -0.4 is 10.1 Å². The van der Waals surface area contributed by atoms with E-state index in [1.54, 1.807) is 18.9 Å². The minimum Gasteiger partial charge on any atom is -0.497 e. The zero-order valence-electron chi connectivity index (χ0n) is 19.7. The van der Waals surface area contributed by atoms with Crippen LogP contribution in [0.5, 0.6) is 5.75 Å². The summed E-state index contributed by atoms with van der Waals surface area (Å²) in [5.74, 6) is 1.56. The molecule has 35 heavy (non-hydrogen) atoms. The average molecular weight is 485 g/mol. The smallest absolute Gasteiger partial charge is 0.321 e. The van der Waals surface area contributed by atoms with Gasteiger partial charge in [-0.25, -0.2) is 9.79 Å². The zero-order valence-corrected chi connectivity index (χ0v) is 20.5. The summed E-state index contributed by atoms with van der Waals surface area (Å²) in [7, 11) is 1.61. The molecular formula is C28H28N4O2S. The molecule has 0 aromatic heterocycles. The number of thioether (sulfide) groups is 1. The van der Waals surface area contributed by atoms with E-state index in [9.17, 15) is 4.79 Å². The van der Waals surface area contributed by atoms with Crippen molar-refractivity contribution < 1.29 is 9.53 Å². The van der Waals surface area contributed by atoms with Gasteiger partial charge in [0.25, 0.3) is 0 Å². The largest absolute Gasteiger partial charge is 0.497 e. The molecule has 6 nitrogen and oxygen atoms in total. The van der Waals surface area contributed by atoms with Crippen molar-refractivity contribution in [1.29, 1.82) is 0 Å². The molecule has 0 unspecified atom stereocenters. The Morgan fingerprint density at radius 3 is 2.40 bits per heavy atom. The Morgan fingerprint density at radius 2 is 1.69 bits per heavy atom. The second kappa shape index (κ2) is 10.4. The quantitative estimate of drug-likeness (QED) is 0.494. The number of rotatable bonds is 5. The van der Waals surface area contributed by atoms with Gasteiger partial charge in [0.15, 0.2) is 5.66 Å². The first kappa shape index (κ1) is 23.2. The van der Waals surface area contributed by atoms with Crippen LogP contribution in [0.15, 0.2) is 94.9 Å². The van der Waals surface area contributed by atoms with E-state index in [4.69, 9.17) is 14.7 Å². The lowest BCUT2D eigenvalue weighted by atomic mass is 9.98. The Bertz CT molecular complexity index is 1240. The fourth-order valence-electron chi connectivity index (χ4n) is 4.33. The summed E-state index contributed by atoms with van der Waals surface area (Å²) in [6, 6.07) is 28.0. The minimum absolute atomic E-state index is 0.110. The van der Waals surface area contributed by atoms with Gasteiger partial charge in [-0.15, -0.1) is 0 Å². The Kier molecular flexibility index (Phi) is 6.86. The van der Waals surface area contributed by atoms with E-state index in [0.29, 0.717) is 31.7 Å². The first-order valence-electron chi connectivity index (χ1n) is 11.8. The Hall–Kier alpha value is -3.58. The van der Waals surface area contributed by atoms with Gasteiger partial charge < -0.3 is 15.0 Å². The molecule has 0 atom stereocenters. The van der Waals surface area contributed by atoms with E-state index in [1.807, 2.05) is 53.4 Å². The number of nitrogens with one attached hydrogen (secondary N) is 1. The molecule has 178 valence electrons. The third kappa shape index (κ3) is 5.41. The number of hydrogen-bond donors (Lipinski definition) is 1. The SMILES string of the molecule is COc1cccc(NC(=O)N2CCC3(CC2)N=C(SCc2ccccc2)C(c2ccccc2)=N3)c1. The molecule has 1 N–H and O–H groups in total. The highest BCUT2D eigenvalue weighted by Gasteiger charge is 2.40. The number of carbonyl (C=O) groups excluding carboxylic acids is 1. The number of aliphatic imine (C=N–C) groups is 2. The second-order valence-electron chi connectivity index (χ2n) is 8.65. The number of likely N-dealkylation sites (tertiary alicyclic amines) is 1. The van der Waals surface area contributed by atoms with Gasteiger partial charge in [-0.1, -0.05) is 78.5 Å². The van der Waals surface area contributed by atoms with Crippen LogP contribution in [0.1, 0.15) is 24.0 Å². The van der Waals surface area contributed by atoms with Crippen molar-refractivity contribution in [2.75, 3.05) is 25.5 Å².